The number of rotatable bonds is 5. The fourth-order valence-electron chi connectivity index (χ4n) is 2.17. The van der Waals surface area contributed by atoms with Crippen molar-refractivity contribution in [1.29, 1.82) is 0 Å². The normalized spacial score (nSPS) is 20.4. The van der Waals surface area contributed by atoms with Crippen molar-refractivity contribution in [2.45, 2.75) is 12.5 Å². The fraction of sp³-hybridized carbons (Fsp3) is 0.500. The second-order valence-electron chi connectivity index (χ2n) is 4.75. The van der Waals surface area contributed by atoms with Crippen LogP contribution in [0.1, 0.15) is 5.56 Å². The van der Waals surface area contributed by atoms with Crippen LogP contribution >= 0.6 is 0 Å². The summed E-state index contributed by atoms with van der Waals surface area (Å²) in [6.45, 7) is 2.13. The minimum atomic E-state index is -0.296. The molecule has 1 N–H and O–H groups in total. The van der Waals surface area contributed by atoms with Gasteiger partial charge in [-0.2, -0.15) is 0 Å². The van der Waals surface area contributed by atoms with Gasteiger partial charge in [-0.3, -0.25) is 9.69 Å². The molecule has 19 heavy (non-hydrogen) atoms. The summed E-state index contributed by atoms with van der Waals surface area (Å²) in [7, 11) is 0. The number of aliphatic hydroxyl groups excluding tert-OH is 1. The molecule has 1 fully saturated rings. The van der Waals surface area contributed by atoms with Crippen molar-refractivity contribution in [3.8, 4) is 0 Å². The summed E-state index contributed by atoms with van der Waals surface area (Å²) in [6.07, 6.45) is 0.105. The Morgan fingerprint density at radius 3 is 2.84 bits per heavy atom. The van der Waals surface area contributed by atoms with Crippen molar-refractivity contribution in [2.24, 2.45) is 0 Å². The van der Waals surface area contributed by atoms with Crippen molar-refractivity contribution in [1.82, 2.24) is 4.90 Å². The molecule has 5 heteroatoms. The number of carbonyl (C=O) groups excluding carboxylic acids is 1. The summed E-state index contributed by atoms with van der Waals surface area (Å²) in [4.78, 5) is 13.9. The van der Waals surface area contributed by atoms with Gasteiger partial charge in [-0.15, -0.1) is 0 Å². The lowest BCUT2D eigenvalue weighted by molar-refractivity contribution is -0.122. The largest absolute Gasteiger partial charge is 0.394 e. The second kappa shape index (κ2) is 6.75. The van der Waals surface area contributed by atoms with E-state index in [2.05, 4.69) is 0 Å². The summed E-state index contributed by atoms with van der Waals surface area (Å²) < 4.78 is 18.1. The molecule has 1 unspecified atom stereocenters. The molecule has 104 valence electrons. The van der Waals surface area contributed by atoms with E-state index >= 15 is 0 Å². The molecule has 0 saturated carbocycles. The standard InChI is InChI=1S/C14H18FNO3/c15-12-3-1-11(2-4-12)7-13(18)8-16-5-6-19-14(9-16)10-17/h1-4,14,17H,5-10H2. The lowest BCUT2D eigenvalue weighted by Gasteiger charge is -2.31. The first-order valence-corrected chi connectivity index (χ1v) is 6.38. The minimum absolute atomic E-state index is 0.0251. The summed E-state index contributed by atoms with van der Waals surface area (Å²) in [6, 6.07) is 5.98. The first kappa shape index (κ1) is 14.1. The Morgan fingerprint density at radius 2 is 2.16 bits per heavy atom. The fourth-order valence-corrected chi connectivity index (χ4v) is 2.17. The molecule has 0 amide bonds. The Kier molecular flexibility index (Phi) is 5.01. The highest BCUT2D eigenvalue weighted by Gasteiger charge is 2.21. The van der Waals surface area contributed by atoms with Crippen LogP contribution in [0, 0.1) is 5.82 Å². The molecule has 2 rings (SSSR count). The Balaban J connectivity index is 1.82. The molecule has 1 heterocycles. The van der Waals surface area contributed by atoms with E-state index in [0.29, 0.717) is 32.7 Å². The third kappa shape index (κ3) is 4.38. The number of ketones is 1. The third-order valence-electron chi connectivity index (χ3n) is 3.14. The molecule has 0 bridgehead atoms. The van der Waals surface area contributed by atoms with Gasteiger partial charge >= 0.3 is 0 Å². The number of hydrogen-bond donors (Lipinski definition) is 1. The van der Waals surface area contributed by atoms with Gasteiger partial charge in [-0.1, -0.05) is 12.1 Å². The van der Waals surface area contributed by atoms with E-state index in [9.17, 15) is 9.18 Å². The average Bonchev–Trinajstić information content (AvgIpc) is 2.41. The average molecular weight is 267 g/mol. The topological polar surface area (TPSA) is 49.8 Å². The van der Waals surface area contributed by atoms with E-state index in [1.165, 1.54) is 12.1 Å². The molecule has 0 spiro atoms. The van der Waals surface area contributed by atoms with Crippen LogP contribution in [0.2, 0.25) is 0 Å². The first-order chi connectivity index (χ1) is 9.17. The zero-order valence-electron chi connectivity index (χ0n) is 10.7. The van der Waals surface area contributed by atoms with Gasteiger partial charge in [-0.05, 0) is 17.7 Å². The number of morpholine rings is 1. The summed E-state index contributed by atoms with van der Waals surface area (Å²) >= 11 is 0. The molecule has 1 atom stereocenters. The summed E-state index contributed by atoms with van der Waals surface area (Å²) in [5, 5.41) is 9.03. The van der Waals surface area contributed by atoms with Crippen LogP contribution in [0.4, 0.5) is 4.39 Å². The lowest BCUT2D eigenvalue weighted by atomic mass is 10.1. The van der Waals surface area contributed by atoms with Gasteiger partial charge in [0.2, 0.25) is 0 Å². The van der Waals surface area contributed by atoms with Crippen molar-refractivity contribution < 1.29 is 19.0 Å². The van der Waals surface area contributed by atoms with Gasteiger partial charge in [0.15, 0.2) is 5.78 Å². The number of nitrogens with zero attached hydrogens (tertiary/aromatic N) is 1. The van der Waals surface area contributed by atoms with E-state index in [0.717, 1.165) is 5.56 Å². The van der Waals surface area contributed by atoms with Crippen LogP contribution in [-0.2, 0) is 16.0 Å². The zero-order chi connectivity index (χ0) is 13.7. The number of benzene rings is 1. The first-order valence-electron chi connectivity index (χ1n) is 6.38. The predicted octanol–water partition coefficient (Wildman–Crippen LogP) is 0.630. The Morgan fingerprint density at radius 1 is 1.42 bits per heavy atom. The van der Waals surface area contributed by atoms with E-state index in [4.69, 9.17) is 9.84 Å². The molecule has 0 aliphatic carbocycles. The zero-order valence-corrected chi connectivity index (χ0v) is 10.7. The van der Waals surface area contributed by atoms with Crippen LogP contribution in [0.3, 0.4) is 0 Å². The number of halogens is 1. The van der Waals surface area contributed by atoms with E-state index in [-0.39, 0.29) is 24.3 Å². The number of carbonyl (C=O) groups is 1. The van der Waals surface area contributed by atoms with E-state index in [1.807, 2.05) is 4.90 Å². The molecule has 1 aliphatic heterocycles. The van der Waals surface area contributed by atoms with Gasteiger partial charge in [0.25, 0.3) is 0 Å². The number of Topliss-reactive ketones (excluding diaryl/α,β-unsaturated/α-hetero) is 1. The smallest absolute Gasteiger partial charge is 0.151 e. The van der Waals surface area contributed by atoms with Gasteiger partial charge in [-0.25, -0.2) is 4.39 Å². The highest BCUT2D eigenvalue weighted by molar-refractivity contribution is 5.82. The van der Waals surface area contributed by atoms with Gasteiger partial charge in [0.1, 0.15) is 5.82 Å². The molecule has 0 radical (unpaired) electrons. The van der Waals surface area contributed by atoms with Crippen LogP contribution in [0.5, 0.6) is 0 Å². The molecule has 1 aromatic carbocycles. The van der Waals surface area contributed by atoms with Crippen molar-refractivity contribution in [3.05, 3.63) is 35.6 Å². The Hall–Kier alpha value is -1.30. The summed E-state index contributed by atoms with van der Waals surface area (Å²) in [5.41, 5.74) is 0.818. The molecule has 1 aliphatic rings. The molecule has 1 aromatic rings. The number of aliphatic hydroxyl groups is 1. The van der Waals surface area contributed by atoms with Gasteiger partial charge in [0, 0.05) is 19.5 Å². The van der Waals surface area contributed by atoms with E-state index < -0.39 is 0 Å². The molecular weight excluding hydrogens is 249 g/mol. The van der Waals surface area contributed by atoms with Crippen molar-refractivity contribution in [3.63, 3.8) is 0 Å². The minimum Gasteiger partial charge on any atom is -0.394 e. The number of hydrogen-bond acceptors (Lipinski definition) is 4. The lowest BCUT2D eigenvalue weighted by Crippen LogP contribution is -2.46. The van der Waals surface area contributed by atoms with Crippen molar-refractivity contribution >= 4 is 5.78 Å². The Labute approximate surface area is 111 Å². The SMILES string of the molecule is O=C(Cc1ccc(F)cc1)CN1CCOC(CO)C1. The molecule has 1 saturated heterocycles. The highest BCUT2D eigenvalue weighted by Crippen LogP contribution is 2.07. The van der Waals surface area contributed by atoms with Gasteiger partial charge < -0.3 is 9.84 Å². The van der Waals surface area contributed by atoms with E-state index in [1.54, 1.807) is 12.1 Å². The third-order valence-corrected chi connectivity index (χ3v) is 3.14. The summed E-state index contributed by atoms with van der Waals surface area (Å²) in [5.74, 6) is -0.208. The molecular formula is C14H18FNO3. The molecule has 0 aromatic heterocycles. The maximum atomic E-state index is 12.7. The van der Waals surface area contributed by atoms with Crippen LogP contribution in [0.15, 0.2) is 24.3 Å². The van der Waals surface area contributed by atoms with Crippen LogP contribution < -0.4 is 0 Å². The monoisotopic (exact) mass is 267 g/mol. The molecule has 4 nitrogen and oxygen atoms in total. The van der Waals surface area contributed by atoms with Crippen LogP contribution in [0.25, 0.3) is 0 Å². The maximum Gasteiger partial charge on any atom is 0.151 e. The van der Waals surface area contributed by atoms with Crippen molar-refractivity contribution in [2.75, 3.05) is 32.8 Å². The Bertz CT molecular complexity index is 421. The van der Waals surface area contributed by atoms with Gasteiger partial charge in [0.05, 0.1) is 25.9 Å². The quantitative estimate of drug-likeness (QED) is 0.850. The predicted molar refractivity (Wildman–Crippen MR) is 68.4 cm³/mol. The number of ether oxygens (including phenoxy) is 1. The second-order valence-corrected chi connectivity index (χ2v) is 4.75. The highest BCUT2D eigenvalue weighted by atomic mass is 19.1. The maximum absolute atomic E-state index is 12.7. The van der Waals surface area contributed by atoms with Crippen LogP contribution in [-0.4, -0.2) is 54.7 Å².